The third-order valence-corrected chi connectivity index (χ3v) is 15.4. The lowest BCUT2D eigenvalue weighted by Gasteiger charge is -2.32. The smallest absolute Gasteiger partial charge is 0.405 e. The van der Waals surface area contributed by atoms with Crippen molar-refractivity contribution < 1.29 is 27.9 Å². The van der Waals surface area contributed by atoms with Crippen LogP contribution in [0.4, 0.5) is 0 Å². The van der Waals surface area contributed by atoms with Crippen LogP contribution in [0.3, 0.4) is 0 Å². The van der Waals surface area contributed by atoms with E-state index in [9.17, 15) is 0 Å². The van der Waals surface area contributed by atoms with Crippen molar-refractivity contribution in [1.82, 2.24) is 9.97 Å². The number of nitrogens with zero attached hydrogens (tertiary/aromatic N) is 2. The van der Waals surface area contributed by atoms with E-state index in [1.54, 1.807) is 22.7 Å². The van der Waals surface area contributed by atoms with Crippen molar-refractivity contribution in [2.24, 2.45) is 0 Å². The molecule has 334 valence electrons. The Kier molecular flexibility index (Phi) is 14.4. The van der Waals surface area contributed by atoms with Gasteiger partial charge in [0.25, 0.3) is 0 Å². The Labute approximate surface area is 398 Å². The molecule has 9 rings (SSSR count). The predicted octanol–water partition coefficient (Wildman–Crippen LogP) is 12.1. The molecule has 5 heterocycles. The zero-order valence-corrected chi connectivity index (χ0v) is 42.5. The largest absolute Gasteiger partial charge is 0.494 e. The molecule has 0 N–H and O–H groups in total. The van der Waals surface area contributed by atoms with Crippen molar-refractivity contribution in [2.75, 3.05) is 0 Å². The second-order valence-electron chi connectivity index (χ2n) is 19.5. The Morgan fingerprint density at radius 2 is 0.766 bits per heavy atom. The van der Waals surface area contributed by atoms with Gasteiger partial charge in [-0.1, -0.05) is 113 Å². The summed E-state index contributed by atoms with van der Waals surface area (Å²) in [5, 5.41) is 6.53. The monoisotopic (exact) mass is 960 g/mol. The molecule has 14 heteroatoms. The van der Waals surface area contributed by atoms with Crippen LogP contribution in [0, 0.1) is 0 Å². The Morgan fingerprint density at radius 3 is 1.12 bits per heavy atom. The van der Waals surface area contributed by atoms with Gasteiger partial charge in [-0.2, -0.15) is 0 Å². The summed E-state index contributed by atoms with van der Waals surface area (Å²) in [6, 6.07) is 37.5. The molecule has 0 spiro atoms. The van der Waals surface area contributed by atoms with Gasteiger partial charge in [-0.15, -0.1) is 22.7 Å². The maximum atomic E-state index is 6.13. The van der Waals surface area contributed by atoms with Crippen LogP contribution < -0.4 is 5.46 Å². The van der Waals surface area contributed by atoms with Gasteiger partial charge < -0.3 is 27.9 Å². The first-order valence-electron chi connectivity index (χ1n) is 21.9. The quantitative estimate of drug-likeness (QED) is 0.140. The molecule has 4 aromatic carbocycles. The van der Waals surface area contributed by atoms with E-state index in [0.29, 0.717) is 0 Å². The third kappa shape index (κ3) is 11.2. The Bertz CT molecular complexity index is 2380. The van der Waals surface area contributed by atoms with E-state index >= 15 is 0 Å². The SMILES string of the molecule is Brc1ccc(Cc2nc(-c3ccccc3)cs2)cc1.CC1(C)OB(B2OC(C)(C)C(C)(C)O2)OC1(C)C.CC1(C)OB(c2ccc(Cc3nc(-c4ccccc4)cs3)cc2)OC1(C)C. The number of halogens is 1. The minimum atomic E-state index is -0.476. The summed E-state index contributed by atoms with van der Waals surface area (Å²) in [5.41, 5.74) is 5.98. The summed E-state index contributed by atoms with van der Waals surface area (Å²) >= 11 is 6.88. The van der Waals surface area contributed by atoms with E-state index < -0.39 is 14.0 Å². The van der Waals surface area contributed by atoms with Crippen LogP contribution in [0.25, 0.3) is 22.5 Å². The van der Waals surface area contributed by atoms with Crippen LogP contribution >= 0.6 is 38.6 Å². The highest BCUT2D eigenvalue weighted by molar-refractivity contribution is 9.10. The zero-order valence-electron chi connectivity index (χ0n) is 39.2. The van der Waals surface area contributed by atoms with Gasteiger partial charge in [0.15, 0.2) is 0 Å². The van der Waals surface area contributed by atoms with Crippen LogP contribution in [0.15, 0.2) is 124 Å². The zero-order chi connectivity index (χ0) is 46.1. The van der Waals surface area contributed by atoms with Crippen molar-refractivity contribution in [2.45, 2.75) is 130 Å². The molecule has 0 unspecified atom stereocenters. The maximum absolute atomic E-state index is 6.13. The van der Waals surface area contributed by atoms with Gasteiger partial charge >= 0.3 is 21.1 Å². The van der Waals surface area contributed by atoms with Gasteiger partial charge in [-0.25, -0.2) is 9.97 Å². The van der Waals surface area contributed by atoms with Crippen LogP contribution in [-0.2, 0) is 40.8 Å². The van der Waals surface area contributed by atoms with Gasteiger partial charge in [0.2, 0.25) is 0 Å². The molecular formula is C50H60B3BrN2O6S2. The van der Waals surface area contributed by atoms with Gasteiger partial charge in [0.1, 0.15) is 0 Å². The third-order valence-electron chi connectivity index (χ3n) is 13.1. The first kappa shape index (κ1) is 48.5. The Hall–Kier alpha value is -3.43. The fourth-order valence-electron chi connectivity index (χ4n) is 6.99. The lowest BCUT2D eigenvalue weighted by atomic mass is 9.49. The van der Waals surface area contributed by atoms with Crippen LogP contribution in [0.1, 0.15) is 104 Å². The average Bonchev–Trinajstić information content (AvgIpc) is 4.04. The first-order chi connectivity index (χ1) is 30.0. The normalized spacial score (nSPS) is 19.7. The number of rotatable bonds is 8. The molecule has 0 bridgehead atoms. The number of aromatic nitrogens is 2. The van der Waals surface area contributed by atoms with E-state index in [-0.39, 0.29) is 40.7 Å². The molecule has 0 radical (unpaired) electrons. The summed E-state index contributed by atoms with van der Waals surface area (Å²) in [6.45, 7) is 24.5. The summed E-state index contributed by atoms with van der Waals surface area (Å²) in [5.74, 6) is 0. The molecule has 3 fully saturated rings. The van der Waals surface area contributed by atoms with Crippen LogP contribution in [-0.4, -0.2) is 64.7 Å². The molecule has 0 atom stereocenters. The number of thiazole rings is 2. The molecule has 0 saturated carbocycles. The van der Waals surface area contributed by atoms with E-state index in [1.165, 1.54) is 16.7 Å². The van der Waals surface area contributed by atoms with Crippen molar-refractivity contribution >= 4 is 65.2 Å². The van der Waals surface area contributed by atoms with Crippen molar-refractivity contribution in [1.29, 1.82) is 0 Å². The second-order valence-corrected chi connectivity index (χ2v) is 22.3. The standard InChI is InChI=1S/C22H24BNO2S.C16H12BrNS.C12H24B2O4/c1-21(2)22(3,4)26-23(25-21)18-12-10-16(11-13-18)14-20-24-19(15-27-20)17-8-6-5-7-9-17;17-14-8-6-12(7-9-14)10-16-18-15(11-19-16)13-4-2-1-3-5-13;1-9(2)10(3,4)16-13(15-9)14-17-11(5,6)12(7,8)18-14/h5-13,15H,14H2,1-4H3;1-9,11H,10H2;1-8H3. The molecule has 8 nitrogen and oxygen atoms in total. The minimum absolute atomic E-state index is 0.311. The molecule has 64 heavy (non-hydrogen) atoms. The lowest BCUT2D eigenvalue weighted by Crippen LogP contribution is -2.41. The van der Waals surface area contributed by atoms with Crippen molar-refractivity contribution in [3.05, 3.63) is 146 Å². The Morgan fingerprint density at radius 1 is 0.438 bits per heavy atom. The van der Waals surface area contributed by atoms with Gasteiger partial charge in [-0.05, 0) is 112 Å². The molecule has 2 aromatic heterocycles. The van der Waals surface area contributed by atoms with E-state index in [0.717, 1.165) is 49.7 Å². The summed E-state index contributed by atoms with van der Waals surface area (Å²) < 4.78 is 37.2. The fourth-order valence-corrected chi connectivity index (χ4v) is 8.93. The predicted molar refractivity (Wildman–Crippen MR) is 269 cm³/mol. The van der Waals surface area contributed by atoms with E-state index in [2.05, 4.69) is 127 Å². The first-order valence-corrected chi connectivity index (χ1v) is 24.5. The summed E-state index contributed by atoms with van der Waals surface area (Å²) in [6.07, 6.45) is 1.73. The number of benzene rings is 4. The van der Waals surface area contributed by atoms with Gasteiger partial charge in [-0.3, -0.25) is 0 Å². The molecule has 6 aromatic rings. The van der Waals surface area contributed by atoms with Crippen molar-refractivity contribution in [3.8, 4) is 22.5 Å². The van der Waals surface area contributed by atoms with E-state index in [1.807, 2.05) is 91.8 Å². The number of hydrogen-bond acceptors (Lipinski definition) is 10. The topological polar surface area (TPSA) is 81.2 Å². The Balaban J connectivity index is 0.000000148. The molecule has 3 saturated heterocycles. The molecule has 3 aliphatic heterocycles. The summed E-state index contributed by atoms with van der Waals surface area (Å²) in [4.78, 5) is 9.49. The van der Waals surface area contributed by atoms with Crippen molar-refractivity contribution in [3.63, 3.8) is 0 Å². The minimum Gasteiger partial charge on any atom is -0.405 e. The maximum Gasteiger partial charge on any atom is 0.494 e. The number of hydrogen-bond donors (Lipinski definition) is 0. The molecule has 3 aliphatic rings. The average molecular weight is 962 g/mol. The highest BCUT2D eigenvalue weighted by Gasteiger charge is 2.63. The highest BCUT2D eigenvalue weighted by atomic mass is 79.9. The van der Waals surface area contributed by atoms with Gasteiger partial charge in [0.05, 0.1) is 55.0 Å². The van der Waals surface area contributed by atoms with Crippen LogP contribution in [0.5, 0.6) is 0 Å². The molecule has 0 aliphatic carbocycles. The fraction of sp³-hybridized carbons (Fsp3) is 0.400. The molecule has 0 amide bonds. The van der Waals surface area contributed by atoms with Gasteiger partial charge in [0, 0.05) is 39.2 Å². The second kappa shape index (κ2) is 19.1. The van der Waals surface area contributed by atoms with Crippen LogP contribution in [0.2, 0.25) is 0 Å². The molecular weight excluding hydrogens is 901 g/mol. The summed E-state index contributed by atoms with van der Waals surface area (Å²) in [7, 11) is -1.26. The van der Waals surface area contributed by atoms with E-state index in [4.69, 9.17) is 37.9 Å². The highest BCUT2D eigenvalue weighted by Crippen LogP contribution is 2.43. The lowest BCUT2D eigenvalue weighted by molar-refractivity contribution is 0.00578.